The summed E-state index contributed by atoms with van der Waals surface area (Å²) in [5.41, 5.74) is 0.604. The van der Waals surface area contributed by atoms with E-state index in [1.165, 1.54) is 12.5 Å². The van der Waals surface area contributed by atoms with Crippen LogP contribution in [0.4, 0.5) is 4.39 Å². The summed E-state index contributed by atoms with van der Waals surface area (Å²) in [7, 11) is 1.82. The van der Waals surface area contributed by atoms with Crippen molar-refractivity contribution in [3.63, 3.8) is 0 Å². The third-order valence-corrected chi connectivity index (χ3v) is 4.34. The van der Waals surface area contributed by atoms with Gasteiger partial charge >= 0.3 is 0 Å². The van der Waals surface area contributed by atoms with Crippen molar-refractivity contribution in [2.24, 2.45) is 5.92 Å². The van der Waals surface area contributed by atoms with E-state index in [-0.39, 0.29) is 23.7 Å². The molecule has 122 valence electrons. The van der Waals surface area contributed by atoms with Crippen LogP contribution >= 0.6 is 0 Å². The van der Waals surface area contributed by atoms with Gasteiger partial charge in [-0.3, -0.25) is 4.79 Å². The van der Waals surface area contributed by atoms with Crippen molar-refractivity contribution < 1.29 is 13.9 Å². The Hall–Kier alpha value is -1.42. The third-order valence-electron chi connectivity index (χ3n) is 4.34. The molecule has 3 nitrogen and oxygen atoms in total. The van der Waals surface area contributed by atoms with E-state index < -0.39 is 0 Å². The average molecular weight is 307 g/mol. The topological polar surface area (TPSA) is 29.5 Å². The summed E-state index contributed by atoms with van der Waals surface area (Å²) < 4.78 is 19.4. The summed E-state index contributed by atoms with van der Waals surface area (Å²) in [4.78, 5) is 14.1. The first-order valence-corrected chi connectivity index (χ1v) is 8.18. The predicted octanol–water partition coefficient (Wildman–Crippen LogP) is 3.42. The number of carbonyl (C=O) groups is 1. The average Bonchev–Trinajstić information content (AvgIpc) is 2.55. The molecule has 2 atom stereocenters. The Kier molecular flexibility index (Phi) is 6.37. The zero-order valence-corrected chi connectivity index (χ0v) is 13.6. The lowest BCUT2D eigenvalue weighted by molar-refractivity contribution is -0.134. The van der Waals surface area contributed by atoms with Gasteiger partial charge in [-0.2, -0.15) is 0 Å². The molecular formula is C18H26FNO2. The fourth-order valence-electron chi connectivity index (χ4n) is 2.94. The molecule has 2 unspecified atom stereocenters. The molecule has 1 aromatic rings. The summed E-state index contributed by atoms with van der Waals surface area (Å²) in [6.07, 6.45) is 5.06. The Morgan fingerprint density at radius 2 is 2.18 bits per heavy atom. The molecule has 0 bridgehead atoms. The smallest absolute Gasteiger partial charge is 0.225 e. The molecule has 0 aliphatic carbocycles. The van der Waals surface area contributed by atoms with Crippen LogP contribution in [0, 0.1) is 11.7 Å². The number of nitrogens with zero attached hydrogens (tertiary/aromatic N) is 1. The zero-order chi connectivity index (χ0) is 15.9. The van der Waals surface area contributed by atoms with Gasteiger partial charge in [-0.15, -0.1) is 0 Å². The Morgan fingerprint density at radius 3 is 2.86 bits per heavy atom. The fourth-order valence-corrected chi connectivity index (χ4v) is 2.94. The molecule has 1 aliphatic heterocycles. The molecule has 0 saturated carbocycles. The molecule has 1 aliphatic rings. The van der Waals surface area contributed by atoms with E-state index in [9.17, 15) is 9.18 Å². The highest BCUT2D eigenvalue weighted by atomic mass is 19.1. The quantitative estimate of drug-likeness (QED) is 0.806. The SMILES string of the molecule is CC(Cc1ccccc1F)C(=O)N(C)CCC1CCCCO1. The van der Waals surface area contributed by atoms with Crippen LogP contribution in [0.2, 0.25) is 0 Å². The number of hydrogen-bond donors (Lipinski definition) is 0. The van der Waals surface area contributed by atoms with Crippen molar-refractivity contribution in [1.29, 1.82) is 0 Å². The van der Waals surface area contributed by atoms with Crippen molar-refractivity contribution >= 4 is 5.91 Å². The molecule has 1 heterocycles. The normalized spacial score (nSPS) is 19.7. The van der Waals surface area contributed by atoms with Crippen LogP contribution in [0.3, 0.4) is 0 Å². The van der Waals surface area contributed by atoms with Crippen molar-refractivity contribution in [2.45, 2.75) is 45.1 Å². The Morgan fingerprint density at radius 1 is 1.41 bits per heavy atom. The van der Waals surface area contributed by atoms with E-state index in [2.05, 4.69) is 0 Å². The maximum atomic E-state index is 13.7. The van der Waals surface area contributed by atoms with Crippen LogP contribution in [-0.4, -0.2) is 37.1 Å². The fraction of sp³-hybridized carbons (Fsp3) is 0.611. The standard InChI is InChI=1S/C18H26FNO2/c1-14(13-15-7-3-4-9-17(15)19)18(21)20(2)11-10-16-8-5-6-12-22-16/h3-4,7,9,14,16H,5-6,8,10-13H2,1-2H3. The molecule has 4 heteroatoms. The van der Waals surface area contributed by atoms with E-state index in [4.69, 9.17) is 4.74 Å². The van der Waals surface area contributed by atoms with Crippen LogP contribution in [0.15, 0.2) is 24.3 Å². The molecule has 0 aromatic heterocycles. The van der Waals surface area contributed by atoms with Crippen molar-refractivity contribution in [2.75, 3.05) is 20.2 Å². The number of hydrogen-bond acceptors (Lipinski definition) is 2. The number of ether oxygens (including phenoxy) is 1. The van der Waals surface area contributed by atoms with Gasteiger partial charge in [-0.25, -0.2) is 4.39 Å². The molecule has 0 N–H and O–H groups in total. The maximum absolute atomic E-state index is 13.7. The molecule has 0 radical (unpaired) electrons. The third kappa shape index (κ3) is 4.80. The molecule has 2 rings (SSSR count). The molecule has 1 aromatic carbocycles. The lowest BCUT2D eigenvalue weighted by Gasteiger charge is -2.26. The second kappa shape index (κ2) is 8.28. The summed E-state index contributed by atoms with van der Waals surface area (Å²) in [5.74, 6) is -0.381. The van der Waals surface area contributed by atoms with E-state index >= 15 is 0 Å². The Bertz CT molecular complexity index is 486. The number of carbonyl (C=O) groups excluding carboxylic acids is 1. The number of halogens is 1. The Labute approximate surface area is 132 Å². The van der Waals surface area contributed by atoms with Gasteiger partial charge < -0.3 is 9.64 Å². The van der Waals surface area contributed by atoms with Gasteiger partial charge in [0.25, 0.3) is 0 Å². The number of rotatable bonds is 6. The van der Waals surface area contributed by atoms with Crippen molar-refractivity contribution in [1.82, 2.24) is 4.90 Å². The molecule has 1 fully saturated rings. The predicted molar refractivity (Wildman–Crippen MR) is 85.1 cm³/mol. The highest BCUT2D eigenvalue weighted by Crippen LogP contribution is 2.17. The van der Waals surface area contributed by atoms with Gasteiger partial charge in [-0.1, -0.05) is 25.1 Å². The first-order valence-electron chi connectivity index (χ1n) is 8.18. The number of amides is 1. The van der Waals surface area contributed by atoms with E-state index in [1.807, 2.05) is 14.0 Å². The summed E-state index contributed by atoms with van der Waals surface area (Å²) in [6, 6.07) is 6.66. The van der Waals surface area contributed by atoms with E-state index in [0.717, 1.165) is 25.9 Å². The van der Waals surface area contributed by atoms with Crippen LogP contribution in [0.5, 0.6) is 0 Å². The first kappa shape index (κ1) is 16.9. The highest BCUT2D eigenvalue weighted by molar-refractivity contribution is 5.78. The molecule has 22 heavy (non-hydrogen) atoms. The summed E-state index contributed by atoms with van der Waals surface area (Å²) in [6.45, 7) is 3.40. The van der Waals surface area contributed by atoms with Gasteiger partial charge in [-0.05, 0) is 43.7 Å². The van der Waals surface area contributed by atoms with Gasteiger partial charge in [0.05, 0.1) is 6.10 Å². The van der Waals surface area contributed by atoms with Crippen LogP contribution in [0.25, 0.3) is 0 Å². The summed E-state index contributed by atoms with van der Waals surface area (Å²) >= 11 is 0. The molecular weight excluding hydrogens is 281 g/mol. The first-order chi connectivity index (χ1) is 10.6. The van der Waals surface area contributed by atoms with Gasteiger partial charge in [0.15, 0.2) is 0 Å². The largest absolute Gasteiger partial charge is 0.378 e. The summed E-state index contributed by atoms with van der Waals surface area (Å²) in [5, 5.41) is 0. The van der Waals surface area contributed by atoms with Crippen molar-refractivity contribution in [3.8, 4) is 0 Å². The van der Waals surface area contributed by atoms with Gasteiger partial charge in [0, 0.05) is 26.1 Å². The molecule has 1 amide bonds. The monoisotopic (exact) mass is 307 g/mol. The maximum Gasteiger partial charge on any atom is 0.225 e. The van der Waals surface area contributed by atoms with Crippen LogP contribution in [-0.2, 0) is 16.0 Å². The lowest BCUT2D eigenvalue weighted by Crippen LogP contribution is -2.35. The van der Waals surface area contributed by atoms with Crippen LogP contribution < -0.4 is 0 Å². The van der Waals surface area contributed by atoms with E-state index in [1.54, 1.807) is 23.1 Å². The lowest BCUT2D eigenvalue weighted by atomic mass is 9.99. The second-order valence-electron chi connectivity index (χ2n) is 6.23. The van der Waals surface area contributed by atoms with E-state index in [0.29, 0.717) is 18.5 Å². The zero-order valence-electron chi connectivity index (χ0n) is 13.6. The van der Waals surface area contributed by atoms with Gasteiger partial charge in [0.1, 0.15) is 5.82 Å². The van der Waals surface area contributed by atoms with Crippen LogP contribution in [0.1, 0.15) is 38.2 Å². The minimum atomic E-state index is -0.236. The van der Waals surface area contributed by atoms with Crippen molar-refractivity contribution in [3.05, 3.63) is 35.6 Å². The number of benzene rings is 1. The highest BCUT2D eigenvalue weighted by Gasteiger charge is 2.21. The molecule has 0 spiro atoms. The molecule has 1 saturated heterocycles. The minimum absolute atomic E-state index is 0.0686. The Balaban J connectivity index is 1.80. The van der Waals surface area contributed by atoms with Gasteiger partial charge in [0.2, 0.25) is 5.91 Å². The second-order valence-corrected chi connectivity index (χ2v) is 6.23. The minimum Gasteiger partial charge on any atom is -0.378 e.